The van der Waals surface area contributed by atoms with Gasteiger partial charge in [-0.05, 0) is 37.1 Å². The van der Waals surface area contributed by atoms with Crippen LogP contribution in [-0.2, 0) is 9.53 Å². The van der Waals surface area contributed by atoms with Crippen molar-refractivity contribution in [3.8, 4) is 5.75 Å². The SMILES string of the molecule is CCCCOc1ccc(NC(=O)C2CNCCO2)c(C)c1.Cl. The van der Waals surface area contributed by atoms with Crippen LogP contribution in [-0.4, -0.2) is 38.3 Å². The molecule has 0 radical (unpaired) electrons. The lowest BCUT2D eigenvalue weighted by atomic mass is 10.1. The molecule has 1 unspecified atom stereocenters. The van der Waals surface area contributed by atoms with Crippen molar-refractivity contribution in [3.63, 3.8) is 0 Å². The van der Waals surface area contributed by atoms with Crippen LogP contribution in [0.4, 0.5) is 5.69 Å². The Labute approximate surface area is 138 Å². The maximum absolute atomic E-state index is 12.1. The number of hydrogen-bond donors (Lipinski definition) is 2. The number of morpholine rings is 1. The predicted octanol–water partition coefficient (Wildman–Crippen LogP) is 2.52. The van der Waals surface area contributed by atoms with Gasteiger partial charge in [0.1, 0.15) is 11.9 Å². The average molecular weight is 329 g/mol. The van der Waals surface area contributed by atoms with Gasteiger partial charge in [0.2, 0.25) is 0 Å². The van der Waals surface area contributed by atoms with Crippen molar-refractivity contribution in [2.24, 2.45) is 0 Å². The maximum atomic E-state index is 12.1. The van der Waals surface area contributed by atoms with Gasteiger partial charge in [-0.15, -0.1) is 12.4 Å². The van der Waals surface area contributed by atoms with Gasteiger partial charge in [-0.2, -0.15) is 0 Å². The molecule has 0 aliphatic carbocycles. The quantitative estimate of drug-likeness (QED) is 0.788. The highest BCUT2D eigenvalue weighted by molar-refractivity contribution is 5.95. The van der Waals surface area contributed by atoms with Crippen molar-refractivity contribution in [1.82, 2.24) is 5.32 Å². The molecule has 1 aliphatic heterocycles. The van der Waals surface area contributed by atoms with Crippen LogP contribution in [0.3, 0.4) is 0 Å². The minimum absolute atomic E-state index is 0. The molecule has 1 aromatic rings. The molecular formula is C16H25ClN2O3. The van der Waals surface area contributed by atoms with Gasteiger partial charge in [0.15, 0.2) is 0 Å². The van der Waals surface area contributed by atoms with Gasteiger partial charge < -0.3 is 20.1 Å². The fourth-order valence-corrected chi connectivity index (χ4v) is 2.15. The zero-order valence-electron chi connectivity index (χ0n) is 13.2. The molecule has 0 saturated carbocycles. The predicted molar refractivity (Wildman–Crippen MR) is 90.1 cm³/mol. The van der Waals surface area contributed by atoms with Crippen LogP contribution in [0.5, 0.6) is 5.75 Å². The fourth-order valence-electron chi connectivity index (χ4n) is 2.15. The molecule has 1 aromatic carbocycles. The summed E-state index contributed by atoms with van der Waals surface area (Å²) in [6, 6.07) is 5.72. The second-order valence-corrected chi connectivity index (χ2v) is 5.23. The summed E-state index contributed by atoms with van der Waals surface area (Å²) >= 11 is 0. The molecule has 2 rings (SSSR count). The van der Waals surface area contributed by atoms with Crippen molar-refractivity contribution in [2.45, 2.75) is 32.8 Å². The van der Waals surface area contributed by atoms with Crippen molar-refractivity contribution in [1.29, 1.82) is 0 Å². The van der Waals surface area contributed by atoms with Crippen LogP contribution in [0.2, 0.25) is 0 Å². The number of benzene rings is 1. The molecule has 1 atom stereocenters. The summed E-state index contributed by atoms with van der Waals surface area (Å²) in [4.78, 5) is 12.1. The summed E-state index contributed by atoms with van der Waals surface area (Å²) < 4.78 is 11.1. The number of aryl methyl sites for hydroxylation is 1. The zero-order chi connectivity index (χ0) is 15.1. The van der Waals surface area contributed by atoms with Gasteiger partial charge in [0, 0.05) is 18.8 Å². The second-order valence-electron chi connectivity index (χ2n) is 5.23. The molecule has 6 heteroatoms. The summed E-state index contributed by atoms with van der Waals surface area (Å²) in [5.74, 6) is 0.736. The van der Waals surface area contributed by atoms with E-state index in [4.69, 9.17) is 9.47 Å². The van der Waals surface area contributed by atoms with E-state index in [1.54, 1.807) is 0 Å². The molecule has 5 nitrogen and oxygen atoms in total. The number of unbranched alkanes of at least 4 members (excludes halogenated alkanes) is 1. The zero-order valence-corrected chi connectivity index (χ0v) is 14.0. The Bertz CT molecular complexity index is 476. The van der Waals surface area contributed by atoms with Crippen LogP contribution in [0.15, 0.2) is 18.2 Å². The lowest BCUT2D eigenvalue weighted by Crippen LogP contribution is -2.45. The van der Waals surface area contributed by atoms with Gasteiger partial charge in [0.25, 0.3) is 5.91 Å². The number of hydrogen-bond acceptors (Lipinski definition) is 4. The third kappa shape index (κ3) is 5.48. The molecule has 1 aliphatic rings. The van der Waals surface area contributed by atoms with E-state index in [1.807, 2.05) is 25.1 Å². The Balaban J connectivity index is 0.00000242. The summed E-state index contributed by atoms with van der Waals surface area (Å²) in [6.45, 7) is 6.75. The fraction of sp³-hybridized carbons (Fsp3) is 0.562. The maximum Gasteiger partial charge on any atom is 0.254 e. The lowest BCUT2D eigenvalue weighted by Gasteiger charge is -2.23. The number of amides is 1. The Morgan fingerprint density at radius 2 is 2.32 bits per heavy atom. The first kappa shape index (κ1) is 18.7. The first-order chi connectivity index (χ1) is 10.2. The van der Waals surface area contributed by atoms with E-state index in [1.165, 1.54) is 0 Å². The second kappa shape index (κ2) is 9.66. The summed E-state index contributed by atoms with van der Waals surface area (Å²) in [7, 11) is 0. The van der Waals surface area contributed by atoms with Crippen LogP contribution in [0.1, 0.15) is 25.3 Å². The van der Waals surface area contributed by atoms with E-state index in [9.17, 15) is 4.79 Å². The van der Waals surface area contributed by atoms with Gasteiger partial charge in [-0.25, -0.2) is 0 Å². The number of nitrogens with one attached hydrogen (secondary N) is 2. The van der Waals surface area contributed by atoms with E-state index in [0.717, 1.165) is 43.0 Å². The summed E-state index contributed by atoms with van der Waals surface area (Å²) in [5, 5.41) is 6.06. The smallest absolute Gasteiger partial charge is 0.254 e. The molecular weight excluding hydrogens is 304 g/mol. The number of carbonyl (C=O) groups is 1. The van der Waals surface area contributed by atoms with E-state index in [-0.39, 0.29) is 18.3 Å². The molecule has 1 fully saturated rings. The highest BCUT2D eigenvalue weighted by Gasteiger charge is 2.22. The van der Waals surface area contributed by atoms with Gasteiger partial charge >= 0.3 is 0 Å². The van der Waals surface area contributed by atoms with Crippen molar-refractivity contribution in [3.05, 3.63) is 23.8 Å². The average Bonchev–Trinajstić information content (AvgIpc) is 2.51. The molecule has 124 valence electrons. The van der Waals surface area contributed by atoms with Gasteiger partial charge in [-0.1, -0.05) is 13.3 Å². The van der Waals surface area contributed by atoms with E-state index < -0.39 is 6.10 Å². The molecule has 0 spiro atoms. The topological polar surface area (TPSA) is 59.6 Å². The van der Waals surface area contributed by atoms with Crippen molar-refractivity contribution >= 4 is 24.0 Å². The number of rotatable bonds is 6. The number of carbonyl (C=O) groups excluding carboxylic acids is 1. The first-order valence-electron chi connectivity index (χ1n) is 7.57. The van der Waals surface area contributed by atoms with E-state index in [2.05, 4.69) is 17.6 Å². The van der Waals surface area contributed by atoms with Crippen molar-refractivity contribution in [2.75, 3.05) is 31.6 Å². The van der Waals surface area contributed by atoms with Crippen LogP contribution in [0, 0.1) is 6.92 Å². The highest BCUT2D eigenvalue weighted by atomic mass is 35.5. The van der Waals surface area contributed by atoms with Crippen molar-refractivity contribution < 1.29 is 14.3 Å². The molecule has 1 heterocycles. The Morgan fingerprint density at radius 1 is 1.50 bits per heavy atom. The monoisotopic (exact) mass is 328 g/mol. The third-order valence-electron chi connectivity index (χ3n) is 3.44. The highest BCUT2D eigenvalue weighted by Crippen LogP contribution is 2.22. The van der Waals surface area contributed by atoms with E-state index >= 15 is 0 Å². The third-order valence-corrected chi connectivity index (χ3v) is 3.44. The minimum Gasteiger partial charge on any atom is -0.494 e. The molecule has 1 amide bonds. The van der Waals surface area contributed by atoms with Crippen LogP contribution >= 0.6 is 12.4 Å². The Hall–Kier alpha value is -1.30. The van der Waals surface area contributed by atoms with Crippen LogP contribution < -0.4 is 15.4 Å². The van der Waals surface area contributed by atoms with E-state index in [0.29, 0.717) is 13.2 Å². The number of anilines is 1. The van der Waals surface area contributed by atoms with Crippen LogP contribution in [0.25, 0.3) is 0 Å². The summed E-state index contributed by atoms with van der Waals surface area (Å²) in [5.41, 5.74) is 1.79. The molecule has 2 N–H and O–H groups in total. The van der Waals surface area contributed by atoms with Gasteiger partial charge in [0.05, 0.1) is 13.2 Å². The van der Waals surface area contributed by atoms with Gasteiger partial charge in [-0.3, -0.25) is 4.79 Å². The molecule has 22 heavy (non-hydrogen) atoms. The standard InChI is InChI=1S/C16H24N2O3.ClH/c1-3-4-8-20-13-5-6-14(12(2)10-13)18-16(19)15-11-17-7-9-21-15;/h5-6,10,15,17H,3-4,7-9,11H2,1-2H3,(H,18,19);1H. The number of ether oxygens (including phenoxy) is 2. The Kier molecular flexibility index (Phi) is 8.24. The molecule has 0 aromatic heterocycles. The lowest BCUT2D eigenvalue weighted by molar-refractivity contribution is -0.128. The summed E-state index contributed by atoms with van der Waals surface area (Å²) in [6.07, 6.45) is 1.74. The normalized spacial score (nSPS) is 17.5. The minimum atomic E-state index is -0.418. The molecule has 0 bridgehead atoms. The first-order valence-corrected chi connectivity index (χ1v) is 7.57. The molecule has 1 saturated heterocycles. The largest absolute Gasteiger partial charge is 0.494 e. The number of halogens is 1. The Morgan fingerprint density at radius 3 is 2.95 bits per heavy atom.